The van der Waals surface area contributed by atoms with Crippen molar-refractivity contribution in [2.45, 2.75) is 44.1 Å². The van der Waals surface area contributed by atoms with Gasteiger partial charge in [0.25, 0.3) is 5.91 Å². The number of hydrogen-bond acceptors (Lipinski definition) is 2. The number of aromatic amines is 1. The Labute approximate surface area is 162 Å². The largest absolute Gasteiger partial charge is 0.345 e. The van der Waals surface area contributed by atoms with Crippen molar-refractivity contribution in [1.82, 2.24) is 15.5 Å². The number of rotatable bonds is 3. The Morgan fingerprint density at radius 1 is 1.04 bits per heavy atom. The van der Waals surface area contributed by atoms with Crippen LogP contribution in [0.2, 0.25) is 10.0 Å². The van der Waals surface area contributed by atoms with Gasteiger partial charge in [0.05, 0.1) is 15.7 Å². The summed E-state index contributed by atoms with van der Waals surface area (Å²) in [5, 5.41) is 11.5. The molecule has 1 amide bonds. The number of H-pyrrole nitrogens is 1. The molecule has 6 heteroatoms. The van der Waals surface area contributed by atoms with Gasteiger partial charge in [0, 0.05) is 11.1 Å². The van der Waals surface area contributed by atoms with E-state index in [0.29, 0.717) is 21.4 Å². The predicted octanol–water partition coefficient (Wildman–Crippen LogP) is 5.08. The molecule has 4 fully saturated rings. The zero-order valence-corrected chi connectivity index (χ0v) is 15.9. The van der Waals surface area contributed by atoms with Gasteiger partial charge >= 0.3 is 0 Å². The first kappa shape index (κ1) is 16.6. The Morgan fingerprint density at radius 2 is 1.69 bits per heavy atom. The molecule has 4 bridgehead atoms. The first-order valence-corrected chi connectivity index (χ1v) is 10.1. The van der Waals surface area contributed by atoms with E-state index in [1.807, 2.05) is 6.07 Å². The number of amides is 1. The molecule has 0 spiro atoms. The predicted molar refractivity (Wildman–Crippen MR) is 102 cm³/mol. The van der Waals surface area contributed by atoms with Crippen LogP contribution in [0.15, 0.2) is 24.3 Å². The summed E-state index contributed by atoms with van der Waals surface area (Å²) in [7, 11) is 0. The molecule has 0 unspecified atom stereocenters. The fourth-order valence-electron chi connectivity index (χ4n) is 5.81. The Morgan fingerprint density at radius 3 is 2.31 bits per heavy atom. The van der Waals surface area contributed by atoms with Crippen LogP contribution in [0.3, 0.4) is 0 Å². The van der Waals surface area contributed by atoms with E-state index in [4.69, 9.17) is 23.2 Å². The lowest BCUT2D eigenvalue weighted by Crippen LogP contribution is -2.59. The third kappa shape index (κ3) is 2.84. The van der Waals surface area contributed by atoms with Crippen molar-refractivity contribution >= 4 is 29.1 Å². The maximum atomic E-state index is 12.9. The molecule has 26 heavy (non-hydrogen) atoms. The summed E-state index contributed by atoms with van der Waals surface area (Å²) >= 11 is 12.1. The number of hydrogen-bond donors (Lipinski definition) is 2. The minimum Gasteiger partial charge on any atom is -0.345 e. The third-order valence-electron chi connectivity index (χ3n) is 6.45. The summed E-state index contributed by atoms with van der Waals surface area (Å²) < 4.78 is 0. The van der Waals surface area contributed by atoms with Crippen molar-refractivity contribution in [3.63, 3.8) is 0 Å². The average Bonchev–Trinajstić information content (AvgIpc) is 3.06. The fourth-order valence-corrected chi connectivity index (χ4v) is 6.11. The number of benzene rings is 1. The highest BCUT2D eigenvalue weighted by molar-refractivity contribution is 6.42. The molecule has 4 aliphatic carbocycles. The van der Waals surface area contributed by atoms with Crippen molar-refractivity contribution in [2.24, 2.45) is 17.8 Å². The molecule has 6 rings (SSSR count). The lowest BCUT2D eigenvalue weighted by atomic mass is 9.53. The van der Waals surface area contributed by atoms with Gasteiger partial charge in [-0.3, -0.25) is 9.89 Å². The minimum absolute atomic E-state index is 0.000682. The number of aromatic nitrogens is 2. The van der Waals surface area contributed by atoms with Crippen molar-refractivity contribution in [3.8, 4) is 11.3 Å². The van der Waals surface area contributed by atoms with Gasteiger partial charge in [-0.25, -0.2) is 0 Å². The third-order valence-corrected chi connectivity index (χ3v) is 7.19. The van der Waals surface area contributed by atoms with Crippen molar-refractivity contribution in [3.05, 3.63) is 40.0 Å². The van der Waals surface area contributed by atoms with Crippen LogP contribution in [0.4, 0.5) is 0 Å². The van der Waals surface area contributed by atoms with Gasteiger partial charge in [0.1, 0.15) is 5.69 Å². The zero-order valence-electron chi connectivity index (χ0n) is 14.4. The smallest absolute Gasteiger partial charge is 0.269 e. The summed E-state index contributed by atoms with van der Waals surface area (Å²) in [5.41, 5.74) is 2.03. The summed E-state index contributed by atoms with van der Waals surface area (Å²) in [4.78, 5) is 12.9. The maximum Gasteiger partial charge on any atom is 0.269 e. The van der Waals surface area contributed by atoms with Gasteiger partial charge < -0.3 is 5.32 Å². The molecule has 0 saturated heterocycles. The summed E-state index contributed by atoms with van der Waals surface area (Å²) in [5.74, 6) is 2.35. The van der Waals surface area contributed by atoms with E-state index in [9.17, 15) is 4.79 Å². The first-order valence-electron chi connectivity index (χ1n) is 9.33. The number of nitrogens with zero attached hydrogens (tertiary/aromatic N) is 1. The standard InChI is InChI=1S/C20H21Cl2N3O/c21-15-2-1-14(6-16(15)22)17-7-18(25-24-17)19(26)23-20-8-11-3-12(9-20)5-13(4-11)10-20/h1-2,6-7,11-13H,3-5,8-10H2,(H,23,26)(H,24,25). The lowest BCUT2D eigenvalue weighted by Gasteiger charge is -2.56. The molecule has 2 aromatic rings. The Balaban J connectivity index is 1.35. The second kappa shape index (κ2) is 6.00. The first-order chi connectivity index (χ1) is 12.5. The van der Waals surface area contributed by atoms with E-state index < -0.39 is 0 Å². The summed E-state index contributed by atoms with van der Waals surface area (Å²) in [6, 6.07) is 7.14. The van der Waals surface area contributed by atoms with Gasteiger partial charge in [0.2, 0.25) is 0 Å². The molecule has 1 aromatic carbocycles. The Bertz CT molecular complexity index is 840. The Hall–Kier alpha value is -1.52. The topological polar surface area (TPSA) is 57.8 Å². The molecule has 4 nitrogen and oxygen atoms in total. The second-order valence-corrected chi connectivity index (χ2v) is 9.26. The molecule has 0 radical (unpaired) electrons. The van der Waals surface area contributed by atoms with Crippen LogP contribution in [0, 0.1) is 17.8 Å². The molecule has 136 valence electrons. The van der Waals surface area contributed by atoms with Gasteiger partial charge in [0.15, 0.2) is 0 Å². The molecule has 1 aromatic heterocycles. The summed E-state index contributed by atoms with van der Waals surface area (Å²) in [6.45, 7) is 0. The monoisotopic (exact) mass is 389 g/mol. The molecule has 4 saturated carbocycles. The van der Waals surface area contributed by atoms with Gasteiger partial charge in [-0.15, -0.1) is 0 Å². The normalized spacial score (nSPS) is 32.0. The van der Waals surface area contributed by atoms with Crippen LogP contribution in [0.25, 0.3) is 11.3 Å². The highest BCUT2D eigenvalue weighted by Gasteiger charge is 2.51. The molecule has 0 aliphatic heterocycles. The molecule has 0 atom stereocenters. The van der Waals surface area contributed by atoms with E-state index in [-0.39, 0.29) is 11.4 Å². The number of halogens is 2. The second-order valence-electron chi connectivity index (χ2n) is 8.45. The van der Waals surface area contributed by atoms with Gasteiger partial charge in [-0.2, -0.15) is 5.10 Å². The van der Waals surface area contributed by atoms with Crippen LogP contribution >= 0.6 is 23.2 Å². The van der Waals surface area contributed by atoms with Crippen molar-refractivity contribution in [2.75, 3.05) is 0 Å². The van der Waals surface area contributed by atoms with E-state index in [1.54, 1.807) is 18.2 Å². The van der Waals surface area contributed by atoms with Crippen LogP contribution in [-0.2, 0) is 0 Å². The molecule has 1 heterocycles. The van der Waals surface area contributed by atoms with E-state index in [0.717, 1.165) is 42.6 Å². The quantitative estimate of drug-likeness (QED) is 0.768. The van der Waals surface area contributed by atoms with E-state index in [1.165, 1.54) is 19.3 Å². The highest BCUT2D eigenvalue weighted by atomic mass is 35.5. The highest BCUT2D eigenvalue weighted by Crippen LogP contribution is 2.55. The molecular weight excluding hydrogens is 369 g/mol. The lowest BCUT2D eigenvalue weighted by molar-refractivity contribution is -0.0167. The van der Waals surface area contributed by atoms with Crippen molar-refractivity contribution in [1.29, 1.82) is 0 Å². The SMILES string of the molecule is O=C(NC12CC3CC(CC(C3)C1)C2)c1cc(-c2ccc(Cl)c(Cl)c2)n[nH]1. The zero-order chi connectivity index (χ0) is 17.9. The Kier molecular flexibility index (Phi) is 3.84. The average molecular weight is 390 g/mol. The fraction of sp³-hybridized carbons (Fsp3) is 0.500. The number of carbonyl (C=O) groups excluding carboxylic acids is 1. The maximum absolute atomic E-state index is 12.9. The molecular formula is C20H21Cl2N3O. The van der Waals surface area contributed by atoms with Crippen molar-refractivity contribution < 1.29 is 4.79 Å². The van der Waals surface area contributed by atoms with E-state index >= 15 is 0 Å². The number of carbonyl (C=O) groups is 1. The van der Waals surface area contributed by atoms with Crippen LogP contribution in [0.5, 0.6) is 0 Å². The molecule has 2 N–H and O–H groups in total. The minimum atomic E-state index is -0.0502. The number of nitrogens with one attached hydrogen (secondary N) is 2. The summed E-state index contributed by atoms with van der Waals surface area (Å²) in [6.07, 6.45) is 7.50. The molecule has 4 aliphatic rings. The van der Waals surface area contributed by atoms with Gasteiger partial charge in [-0.1, -0.05) is 29.3 Å². The van der Waals surface area contributed by atoms with Crippen LogP contribution in [0.1, 0.15) is 49.0 Å². The van der Waals surface area contributed by atoms with Crippen LogP contribution in [-0.4, -0.2) is 21.6 Å². The van der Waals surface area contributed by atoms with E-state index in [2.05, 4.69) is 15.5 Å². The van der Waals surface area contributed by atoms with Gasteiger partial charge in [-0.05, 0) is 74.5 Å². The van der Waals surface area contributed by atoms with Crippen LogP contribution < -0.4 is 5.32 Å².